The fourth-order valence-electron chi connectivity index (χ4n) is 2.07. The standard InChI is InChI=1S/C12H15ClN2O/c1-9-4-2-3-7-15(9)12(16)11-8-10(13)5-6-14-11/h5-6,8-9H,2-4,7H2,1H3/t9-/m1/s1. The Morgan fingerprint density at radius 3 is 3.06 bits per heavy atom. The van der Waals surface area contributed by atoms with Crippen LogP contribution >= 0.6 is 11.6 Å². The van der Waals surface area contributed by atoms with Crippen molar-refractivity contribution < 1.29 is 4.79 Å². The maximum atomic E-state index is 12.2. The second-order valence-corrected chi connectivity index (χ2v) is 4.64. The van der Waals surface area contributed by atoms with Crippen LogP contribution in [0.15, 0.2) is 18.3 Å². The molecule has 1 aromatic rings. The van der Waals surface area contributed by atoms with Crippen molar-refractivity contribution in [2.24, 2.45) is 0 Å². The normalized spacial score (nSPS) is 20.9. The van der Waals surface area contributed by atoms with Gasteiger partial charge in [-0.25, -0.2) is 0 Å². The monoisotopic (exact) mass is 238 g/mol. The SMILES string of the molecule is C[C@@H]1CCCCN1C(=O)c1cc(Cl)ccn1. The molecule has 0 aliphatic carbocycles. The van der Waals surface area contributed by atoms with E-state index in [2.05, 4.69) is 11.9 Å². The van der Waals surface area contributed by atoms with Crippen molar-refractivity contribution >= 4 is 17.5 Å². The molecule has 1 aliphatic rings. The summed E-state index contributed by atoms with van der Waals surface area (Å²) < 4.78 is 0. The van der Waals surface area contributed by atoms with Crippen LogP contribution in [0.5, 0.6) is 0 Å². The molecule has 0 spiro atoms. The van der Waals surface area contributed by atoms with Gasteiger partial charge >= 0.3 is 0 Å². The predicted molar refractivity (Wildman–Crippen MR) is 63.6 cm³/mol. The summed E-state index contributed by atoms with van der Waals surface area (Å²) >= 11 is 5.85. The number of piperidine rings is 1. The summed E-state index contributed by atoms with van der Waals surface area (Å²) in [6, 6.07) is 3.62. The van der Waals surface area contributed by atoms with Crippen molar-refractivity contribution in [1.82, 2.24) is 9.88 Å². The molecule has 0 bridgehead atoms. The van der Waals surface area contributed by atoms with Crippen molar-refractivity contribution in [1.29, 1.82) is 0 Å². The number of hydrogen-bond acceptors (Lipinski definition) is 2. The number of hydrogen-bond donors (Lipinski definition) is 0. The van der Waals surface area contributed by atoms with E-state index in [-0.39, 0.29) is 5.91 Å². The molecule has 1 aliphatic heterocycles. The number of aromatic nitrogens is 1. The first kappa shape index (κ1) is 11.4. The molecule has 1 fully saturated rings. The average molecular weight is 239 g/mol. The quantitative estimate of drug-likeness (QED) is 0.754. The minimum Gasteiger partial charge on any atom is -0.335 e. The van der Waals surface area contributed by atoms with E-state index in [1.807, 2.05) is 4.90 Å². The van der Waals surface area contributed by atoms with E-state index in [4.69, 9.17) is 11.6 Å². The summed E-state index contributed by atoms with van der Waals surface area (Å²) in [7, 11) is 0. The van der Waals surface area contributed by atoms with Gasteiger partial charge < -0.3 is 4.90 Å². The first-order valence-corrected chi connectivity index (χ1v) is 5.99. The minimum absolute atomic E-state index is 0.00491. The summed E-state index contributed by atoms with van der Waals surface area (Å²) in [6.07, 6.45) is 4.93. The van der Waals surface area contributed by atoms with Gasteiger partial charge in [0.1, 0.15) is 5.69 Å². The molecule has 1 amide bonds. The van der Waals surface area contributed by atoms with Gasteiger partial charge in [-0.3, -0.25) is 9.78 Å². The molecule has 0 aromatic carbocycles. The van der Waals surface area contributed by atoms with Crippen LogP contribution < -0.4 is 0 Å². The van der Waals surface area contributed by atoms with Crippen LogP contribution in [-0.4, -0.2) is 28.4 Å². The molecule has 3 nitrogen and oxygen atoms in total. The lowest BCUT2D eigenvalue weighted by Gasteiger charge is -2.33. The highest BCUT2D eigenvalue weighted by Crippen LogP contribution is 2.19. The minimum atomic E-state index is -0.00491. The van der Waals surface area contributed by atoms with Crippen LogP contribution in [0.3, 0.4) is 0 Å². The number of pyridine rings is 1. The summed E-state index contributed by atoms with van der Waals surface area (Å²) in [6.45, 7) is 2.91. The van der Waals surface area contributed by atoms with Crippen LogP contribution in [-0.2, 0) is 0 Å². The van der Waals surface area contributed by atoms with Gasteiger partial charge in [0.2, 0.25) is 0 Å². The molecule has 1 aromatic heterocycles. The molecule has 86 valence electrons. The fraction of sp³-hybridized carbons (Fsp3) is 0.500. The Labute approximate surface area is 100 Å². The third kappa shape index (κ3) is 2.35. The summed E-state index contributed by atoms with van der Waals surface area (Å²) in [5, 5.41) is 0.558. The van der Waals surface area contributed by atoms with Gasteiger partial charge in [-0.1, -0.05) is 11.6 Å². The topological polar surface area (TPSA) is 33.2 Å². The first-order valence-electron chi connectivity index (χ1n) is 5.61. The molecule has 16 heavy (non-hydrogen) atoms. The van der Waals surface area contributed by atoms with Crippen LogP contribution in [0.2, 0.25) is 5.02 Å². The summed E-state index contributed by atoms with van der Waals surface area (Å²) in [5.41, 5.74) is 0.446. The van der Waals surface area contributed by atoms with E-state index in [0.717, 1.165) is 19.4 Å². The zero-order valence-corrected chi connectivity index (χ0v) is 10.1. The third-order valence-corrected chi connectivity index (χ3v) is 3.24. The van der Waals surface area contributed by atoms with E-state index < -0.39 is 0 Å². The van der Waals surface area contributed by atoms with Crippen LogP contribution in [0, 0.1) is 0 Å². The first-order chi connectivity index (χ1) is 7.68. The number of likely N-dealkylation sites (tertiary alicyclic amines) is 1. The predicted octanol–water partition coefficient (Wildman–Crippen LogP) is 2.75. The van der Waals surface area contributed by atoms with E-state index >= 15 is 0 Å². The van der Waals surface area contributed by atoms with E-state index in [0.29, 0.717) is 16.8 Å². The second kappa shape index (κ2) is 4.83. The lowest BCUT2D eigenvalue weighted by atomic mass is 10.0. The molecule has 1 saturated heterocycles. The number of carbonyl (C=O) groups excluding carboxylic acids is 1. The lowest BCUT2D eigenvalue weighted by molar-refractivity contribution is 0.0629. The van der Waals surface area contributed by atoms with Crippen molar-refractivity contribution in [3.63, 3.8) is 0 Å². The number of nitrogens with zero attached hydrogens (tertiary/aromatic N) is 2. The van der Waals surface area contributed by atoms with Gasteiger partial charge in [0.05, 0.1) is 0 Å². The van der Waals surface area contributed by atoms with Crippen LogP contribution in [0.25, 0.3) is 0 Å². The Morgan fingerprint density at radius 1 is 1.56 bits per heavy atom. The van der Waals surface area contributed by atoms with Crippen molar-refractivity contribution in [2.75, 3.05) is 6.54 Å². The number of amides is 1. The van der Waals surface area contributed by atoms with Crippen LogP contribution in [0.4, 0.5) is 0 Å². The number of carbonyl (C=O) groups is 1. The van der Waals surface area contributed by atoms with Crippen LogP contribution in [0.1, 0.15) is 36.7 Å². The third-order valence-electron chi connectivity index (χ3n) is 3.00. The molecule has 0 radical (unpaired) electrons. The van der Waals surface area contributed by atoms with Gasteiger partial charge in [0, 0.05) is 23.8 Å². The molecule has 4 heteroatoms. The van der Waals surface area contributed by atoms with Gasteiger partial charge in [0.25, 0.3) is 5.91 Å². The maximum Gasteiger partial charge on any atom is 0.272 e. The lowest BCUT2D eigenvalue weighted by Crippen LogP contribution is -2.42. The number of halogens is 1. The molecular formula is C12H15ClN2O. The highest BCUT2D eigenvalue weighted by molar-refractivity contribution is 6.30. The molecule has 0 unspecified atom stereocenters. The van der Waals surface area contributed by atoms with Gasteiger partial charge in [-0.05, 0) is 38.3 Å². The van der Waals surface area contributed by atoms with Gasteiger partial charge in [-0.2, -0.15) is 0 Å². The van der Waals surface area contributed by atoms with E-state index in [1.165, 1.54) is 6.42 Å². The fourth-order valence-corrected chi connectivity index (χ4v) is 2.23. The van der Waals surface area contributed by atoms with Gasteiger partial charge in [0.15, 0.2) is 0 Å². The van der Waals surface area contributed by atoms with Crippen molar-refractivity contribution in [2.45, 2.75) is 32.2 Å². The Morgan fingerprint density at radius 2 is 2.38 bits per heavy atom. The largest absolute Gasteiger partial charge is 0.335 e. The maximum absolute atomic E-state index is 12.2. The van der Waals surface area contributed by atoms with E-state index in [1.54, 1.807) is 18.3 Å². The molecule has 0 N–H and O–H groups in total. The molecule has 2 rings (SSSR count). The Balaban J connectivity index is 2.17. The molecule has 2 heterocycles. The van der Waals surface area contributed by atoms with Gasteiger partial charge in [-0.15, -0.1) is 0 Å². The van der Waals surface area contributed by atoms with E-state index in [9.17, 15) is 4.79 Å². The smallest absolute Gasteiger partial charge is 0.272 e. The van der Waals surface area contributed by atoms with Crippen molar-refractivity contribution in [3.05, 3.63) is 29.0 Å². The molecular weight excluding hydrogens is 224 g/mol. The summed E-state index contributed by atoms with van der Waals surface area (Å²) in [5.74, 6) is -0.00491. The summed E-state index contributed by atoms with van der Waals surface area (Å²) in [4.78, 5) is 18.1. The zero-order chi connectivity index (χ0) is 11.5. The Kier molecular flexibility index (Phi) is 3.44. The van der Waals surface area contributed by atoms with Crippen molar-refractivity contribution in [3.8, 4) is 0 Å². The zero-order valence-electron chi connectivity index (χ0n) is 9.32. The Bertz CT molecular complexity index is 394. The molecule has 1 atom stereocenters. The second-order valence-electron chi connectivity index (χ2n) is 4.20. The highest BCUT2D eigenvalue weighted by Gasteiger charge is 2.24. The Hall–Kier alpha value is -1.09. The number of rotatable bonds is 1. The highest BCUT2D eigenvalue weighted by atomic mass is 35.5. The average Bonchev–Trinajstić information content (AvgIpc) is 2.29. The molecule has 0 saturated carbocycles.